The zero-order chi connectivity index (χ0) is 14.0. The summed E-state index contributed by atoms with van der Waals surface area (Å²) in [6.45, 7) is 1.32. The maximum Gasteiger partial charge on any atom is 0.244 e. The van der Waals surface area contributed by atoms with Crippen molar-refractivity contribution in [2.75, 3.05) is 25.5 Å². The van der Waals surface area contributed by atoms with Crippen LogP contribution in [0.3, 0.4) is 0 Å². The van der Waals surface area contributed by atoms with Gasteiger partial charge in [-0.05, 0) is 30.5 Å². The molecule has 1 saturated heterocycles. The van der Waals surface area contributed by atoms with E-state index in [-0.39, 0.29) is 11.9 Å². The van der Waals surface area contributed by atoms with Crippen molar-refractivity contribution in [1.82, 2.24) is 4.90 Å². The molecular weight excluding hydrogens is 262 g/mol. The molecule has 0 aliphatic carbocycles. The Morgan fingerprint density at radius 2 is 2.26 bits per heavy atom. The topological polar surface area (TPSA) is 49.6 Å². The second kappa shape index (κ2) is 5.80. The van der Waals surface area contributed by atoms with Crippen LogP contribution < -0.4 is 10.6 Å². The van der Waals surface area contributed by atoms with Crippen molar-refractivity contribution in [2.45, 2.75) is 25.4 Å². The van der Waals surface area contributed by atoms with Gasteiger partial charge in [-0.25, -0.2) is 0 Å². The fraction of sp³-hybridized carbons (Fsp3) is 0.500. The van der Waals surface area contributed by atoms with Gasteiger partial charge >= 0.3 is 0 Å². The number of halogens is 1. The highest BCUT2D eigenvalue weighted by Crippen LogP contribution is 2.30. The number of likely N-dealkylation sites (N-methyl/N-ethyl adjacent to an activating group) is 1. The van der Waals surface area contributed by atoms with Crippen LogP contribution in [0.2, 0.25) is 5.02 Å². The van der Waals surface area contributed by atoms with Crippen LogP contribution in [0.15, 0.2) is 18.2 Å². The largest absolute Gasteiger partial charge is 0.359 e. The van der Waals surface area contributed by atoms with Gasteiger partial charge in [0.1, 0.15) is 6.04 Å². The normalized spacial score (nSPS) is 18.7. The molecule has 1 unspecified atom stereocenters. The van der Waals surface area contributed by atoms with Crippen LogP contribution in [-0.4, -0.2) is 37.5 Å². The summed E-state index contributed by atoms with van der Waals surface area (Å²) in [5.41, 5.74) is 7.54. The van der Waals surface area contributed by atoms with Crippen LogP contribution in [0.25, 0.3) is 0 Å². The van der Waals surface area contributed by atoms with Crippen molar-refractivity contribution in [3.05, 3.63) is 28.8 Å². The first-order chi connectivity index (χ1) is 9.04. The second-order valence-corrected chi connectivity index (χ2v) is 5.47. The minimum atomic E-state index is -0.0743. The monoisotopic (exact) mass is 281 g/mol. The summed E-state index contributed by atoms with van der Waals surface area (Å²) in [7, 11) is 3.59. The Morgan fingerprint density at radius 3 is 2.84 bits per heavy atom. The molecule has 2 N–H and O–H groups in total. The number of nitrogens with two attached hydrogens (primary N) is 1. The fourth-order valence-electron chi connectivity index (χ4n) is 2.51. The average Bonchev–Trinajstić information content (AvgIpc) is 2.86. The average molecular weight is 282 g/mol. The predicted octanol–water partition coefficient (Wildman–Crippen LogP) is 1.86. The Labute approximate surface area is 119 Å². The summed E-state index contributed by atoms with van der Waals surface area (Å²) in [5, 5.41) is 0.669. The minimum absolute atomic E-state index is 0.0743. The Kier molecular flexibility index (Phi) is 4.32. The SMILES string of the molecule is CN(C)C(=O)C1CCCN1c1ccc(CN)c(Cl)c1. The third kappa shape index (κ3) is 2.85. The van der Waals surface area contributed by atoms with Gasteiger partial charge in [0, 0.05) is 37.9 Å². The third-order valence-electron chi connectivity index (χ3n) is 3.57. The van der Waals surface area contributed by atoms with Crippen LogP contribution in [0.4, 0.5) is 5.69 Å². The van der Waals surface area contributed by atoms with Crippen LogP contribution in [0, 0.1) is 0 Å². The highest BCUT2D eigenvalue weighted by atomic mass is 35.5. The molecule has 1 aliphatic rings. The van der Waals surface area contributed by atoms with Crippen LogP contribution in [0.1, 0.15) is 18.4 Å². The Bertz CT molecular complexity index is 476. The highest BCUT2D eigenvalue weighted by molar-refractivity contribution is 6.31. The van der Waals surface area contributed by atoms with E-state index < -0.39 is 0 Å². The summed E-state index contributed by atoms with van der Waals surface area (Å²) in [4.78, 5) is 16.0. The summed E-state index contributed by atoms with van der Waals surface area (Å²) < 4.78 is 0. The van der Waals surface area contributed by atoms with E-state index in [2.05, 4.69) is 4.90 Å². The summed E-state index contributed by atoms with van der Waals surface area (Å²) in [5.74, 6) is 0.150. The second-order valence-electron chi connectivity index (χ2n) is 5.06. The van der Waals surface area contributed by atoms with E-state index in [9.17, 15) is 4.79 Å². The maximum absolute atomic E-state index is 12.2. The minimum Gasteiger partial charge on any atom is -0.359 e. The standard InChI is InChI=1S/C14H20ClN3O/c1-17(2)14(19)13-4-3-7-18(13)11-6-5-10(9-16)12(15)8-11/h5-6,8,13H,3-4,7,9,16H2,1-2H3. The molecule has 1 atom stereocenters. The number of amides is 1. The number of hydrogen-bond donors (Lipinski definition) is 1. The quantitative estimate of drug-likeness (QED) is 0.920. The molecule has 5 heteroatoms. The lowest BCUT2D eigenvalue weighted by atomic mass is 10.1. The van der Waals surface area contributed by atoms with Crippen molar-refractivity contribution in [3.8, 4) is 0 Å². The first-order valence-electron chi connectivity index (χ1n) is 6.51. The van der Waals surface area contributed by atoms with Crippen LogP contribution in [0.5, 0.6) is 0 Å². The van der Waals surface area contributed by atoms with E-state index in [1.807, 2.05) is 18.2 Å². The molecule has 2 rings (SSSR count). The summed E-state index contributed by atoms with van der Waals surface area (Å²) in [6.07, 6.45) is 1.92. The van der Waals surface area contributed by atoms with E-state index in [4.69, 9.17) is 17.3 Å². The van der Waals surface area contributed by atoms with Crippen LogP contribution in [-0.2, 0) is 11.3 Å². The van der Waals surface area contributed by atoms with Gasteiger partial charge in [-0.15, -0.1) is 0 Å². The molecular formula is C14H20ClN3O. The molecule has 4 nitrogen and oxygen atoms in total. The molecule has 0 saturated carbocycles. The summed E-state index contributed by atoms with van der Waals surface area (Å²) in [6, 6.07) is 5.77. The number of rotatable bonds is 3. The number of anilines is 1. The van der Waals surface area contributed by atoms with Gasteiger partial charge in [-0.3, -0.25) is 4.79 Å². The lowest BCUT2D eigenvalue weighted by Gasteiger charge is -2.28. The van der Waals surface area contributed by atoms with Gasteiger partial charge in [0.15, 0.2) is 0 Å². The van der Waals surface area contributed by atoms with Crippen molar-refractivity contribution in [1.29, 1.82) is 0 Å². The molecule has 1 aromatic rings. The molecule has 1 aliphatic heterocycles. The Balaban J connectivity index is 2.25. The van der Waals surface area contributed by atoms with Crippen molar-refractivity contribution in [3.63, 3.8) is 0 Å². The van der Waals surface area contributed by atoms with E-state index in [0.29, 0.717) is 11.6 Å². The van der Waals surface area contributed by atoms with E-state index >= 15 is 0 Å². The molecule has 1 heterocycles. The van der Waals surface area contributed by atoms with Gasteiger partial charge in [0.25, 0.3) is 0 Å². The first-order valence-corrected chi connectivity index (χ1v) is 6.88. The zero-order valence-corrected chi connectivity index (χ0v) is 12.2. The lowest BCUT2D eigenvalue weighted by Crippen LogP contribution is -2.42. The lowest BCUT2D eigenvalue weighted by molar-refractivity contribution is -0.129. The third-order valence-corrected chi connectivity index (χ3v) is 3.92. The molecule has 1 aromatic carbocycles. The molecule has 0 bridgehead atoms. The number of nitrogens with zero attached hydrogens (tertiary/aromatic N) is 2. The van der Waals surface area contributed by atoms with Gasteiger partial charge in [-0.1, -0.05) is 17.7 Å². The molecule has 0 spiro atoms. The smallest absolute Gasteiger partial charge is 0.244 e. The summed E-state index contributed by atoms with van der Waals surface area (Å²) >= 11 is 6.20. The Hall–Kier alpha value is -1.26. The number of hydrogen-bond acceptors (Lipinski definition) is 3. The molecule has 1 amide bonds. The van der Waals surface area contributed by atoms with Gasteiger partial charge in [-0.2, -0.15) is 0 Å². The predicted molar refractivity (Wildman–Crippen MR) is 78.4 cm³/mol. The van der Waals surface area contributed by atoms with Crippen molar-refractivity contribution < 1.29 is 4.79 Å². The van der Waals surface area contributed by atoms with E-state index in [1.54, 1.807) is 19.0 Å². The molecule has 0 aromatic heterocycles. The fourth-order valence-corrected chi connectivity index (χ4v) is 2.76. The number of carbonyl (C=O) groups excluding carboxylic acids is 1. The zero-order valence-electron chi connectivity index (χ0n) is 11.4. The molecule has 1 fully saturated rings. The Morgan fingerprint density at radius 1 is 1.53 bits per heavy atom. The van der Waals surface area contributed by atoms with E-state index in [0.717, 1.165) is 30.6 Å². The highest BCUT2D eigenvalue weighted by Gasteiger charge is 2.31. The van der Waals surface area contributed by atoms with Gasteiger partial charge in [0.05, 0.1) is 0 Å². The van der Waals surface area contributed by atoms with Crippen molar-refractivity contribution >= 4 is 23.2 Å². The van der Waals surface area contributed by atoms with Crippen LogP contribution >= 0.6 is 11.6 Å². The molecule has 104 valence electrons. The molecule has 0 radical (unpaired) electrons. The number of benzene rings is 1. The van der Waals surface area contributed by atoms with Crippen molar-refractivity contribution in [2.24, 2.45) is 5.73 Å². The maximum atomic E-state index is 12.2. The molecule has 19 heavy (non-hydrogen) atoms. The van der Waals surface area contributed by atoms with Gasteiger partial charge < -0.3 is 15.5 Å². The van der Waals surface area contributed by atoms with Gasteiger partial charge in [0.2, 0.25) is 5.91 Å². The number of carbonyl (C=O) groups is 1. The van der Waals surface area contributed by atoms with E-state index in [1.165, 1.54) is 0 Å². The first kappa shape index (κ1) is 14.2.